The molecule has 1 aliphatic rings. The molecule has 0 radical (unpaired) electrons. The smallest absolute Gasteiger partial charge is 0.269 e. The molecule has 1 atom stereocenters. The van der Waals surface area contributed by atoms with Gasteiger partial charge in [0.1, 0.15) is 4.88 Å². The number of piperidine rings is 1. The Hall–Kier alpha value is -1.27. The molecule has 1 aliphatic heterocycles. The van der Waals surface area contributed by atoms with Gasteiger partial charge in [0.2, 0.25) is 0 Å². The molecule has 0 aliphatic carbocycles. The minimum Gasteiger partial charge on any atom is -0.333 e. The summed E-state index contributed by atoms with van der Waals surface area (Å²) >= 11 is 1.54. The van der Waals surface area contributed by atoms with Gasteiger partial charge in [0.25, 0.3) is 5.89 Å². The van der Waals surface area contributed by atoms with Gasteiger partial charge in [-0.2, -0.15) is 4.98 Å². The van der Waals surface area contributed by atoms with Crippen LogP contribution in [0.5, 0.6) is 0 Å². The predicted octanol–water partition coefficient (Wildman–Crippen LogP) is 1.97. The zero-order chi connectivity index (χ0) is 11.7. The minimum absolute atomic E-state index is 0.384. The number of aromatic nitrogens is 3. The zero-order valence-corrected chi connectivity index (χ0v) is 10.5. The molecule has 1 saturated heterocycles. The molecule has 6 heteroatoms. The maximum atomic E-state index is 5.32. The molecule has 0 spiro atoms. The van der Waals surface area contributed by atoms with Gasteiger partial charge in [0.15, 0.2) is 5.82 Å². The van der Waals surface area contributed by atoms with Gasteiger partial charge in [-0.1, -0.05) is 5.16 Å². The summed E-state index contributed by atoms with van der Waals surface area (Å²) in [6.45, 7) is 3.99. The number of thiazole rings is 1. The second-order valence-corrected chi connectivity index (χ2v) is 5.12. The molecule has 0 bridgehead atoms. The van der Waals surface area contributed by atoms with Crippen molar-refractivity contribution in [1.29, 1.82) is 0 Å². The molecule has 2 aromatic heterocycles. The molecular weight excluding hydrogens is 236 g/mol. The highest BCUT2D eigenvalue weighted by Gasteiger charge is 2.22. The largest absolute Gasteiger partial charge is 0.333 e. The fourth-order valence-electron chi connectivity index (χ4n) is 2.07. The fraction of sp³-hybridized carbons (Fsp3) is 0.545. The van der Waals surface area contributed by atoms with E-state index in [1.807, 2.05) is 6.92 Å². The van der Waals surface area contributed by atoms with Crippen molar-refractivity contribution in [2.24, 2.45) is 0 Å². The van der Waals surface area contributed by atoms with Crippen molar-refractivity contribution in [3.63, 3.8) is 0 Å². The van der Waals surface area contributed by atoms with Crippen LogP contribution in [0.3, 0.4) is 0 Å². The first-order valence-corrected chi connectivity index (χ1v) is 6.67. The van der Waals surface area contributed by atoms with Gasteiger partial charge in [0.05, 0.1) is 11.2 Å². The van der Waals surface area contributed by atoms with Crippen LogP contribution in [0.4, 0.5) is 0 Å². The highest BCUT2D eigenvalue weighted by Crippen LogP contribution is 2.28. The first-order valence-electron chi connectivity index (χ1n) is 5.79. The topological polar surface area (TPSA) is 63.8 Å². The van der Waals surface area contributed by atoms with Gasteiger partial charge in [-0.3, -0.25) is 0 Å². The standard InChI is InChI=1S/C11H14N4OS/c1-7-9(17-6-13-7)11-14-10(15-16-11)8-3-2-4-12-5-8/h6,8,12H,2-5H2,1H3. The first-order chi connectivity index (χ1) is 8.34. The van der Waals surface area contributed by atoms with Crippen LogP contribution in [0.1, 0.15) is 30.3 Å². The summed E-state index contributed by atoms with van der Waals surface area (Å²) in [4.78, 5) is 9.66. The van der Waals surface area contributed by atoms with Crippen LogP contribution >= 0.6 is 11.3 Å². The minimum atomic E-state index is 0.384. The molecule has 2 aromatic rings. The summed E-state index contributed by atoms with van der Waals surface area (Å²) in [7, 11) is 0. The van der Waals surface area contributed by atoms with Gasteiger partial charge in [-0.25, -0.2) is 4.98 Å². The van der Waals surface area contributed by atoms with Crippen molar-refractivity contribution >= 4 is 11.3 Å². The highest BCUT2D eigenvalue weighted by atomic mass is 32.1. The van der Waals surface area contributed by atoms with E-state index < -0.39 is 0 Å². The van der Waals surface area contributed by atoms with E-state index in [0.717, 1.165) is 35.9 Å². The highest BCUT2D eigenvalue weighted by molar-refractivity contribution is 7.13. The van der Waals surface area contributed by atoms with Crippen LogP contribution in [0, 0.1) is 6.92 Å². The van der Waals surface area contributed by atoms with Crippen LogP contribution in [0.25, 0.3) is 10.8 Å². The summed E-state index contributed by atoms with van der Waals surface area (Å²) in [6.07, 6.45) is 2.31. The van der Waals surface area contributed by atoms with E-state index in [1.54, 1.807) is 5.51 Å². The monoisotopic (exact) mass is 250 g/mol. The Morgan fingerprint density at radius 1 is 1.53 bits per heavy atom. The second-order valence-electron chi connectivity index (χ2n) is 4.27. The van der Waals surface area contributed by atoms with E-state index in [-0.39, 0.29) is 0 Å². The third kappa shape index (κ3) is 2.10. The van der Waals surface area contributed by atoms with E-state index in [4.69, 9.17) is 4.52 Å². The average Bonchev–Trinajstić information content (AvgIpc) is 2.98. The number of aryl methyl sites for hydroxylation is 1. The molecule has 3 rings (SSSR count). The quantitative estimate of drug-likeness (QED) is 0.882. The van der Waals surface area contributed by atoms with Crippen LogP contribution in [-0.2, 0) is 0 Å². The molecule has 90 valence electrons. The molecule has 0 aromatic carbocycles. The van der Waals surface area contributed by atoms with E-state index in [1.165, 1.54) is 17.8 Å². The third-order valence-corrected chi connectivity index (χ3v) is 3.96. The van der Waals surface area contributed by atoms with Crippen molar-refractivity contribution in [2.45, 2.75) is 25.7 Å². The molecular formula is C11H14N4OS. The Balaban J connectivity index is 1.85. The average molecular weight is 250 g/mol. The van der Waals surface area contributed by atoms with Gasteiger partial charge in [-0.15, -0.1) is 11.3 Å². The predicted molar refractivity (Wildman–Crippen MR) is 65.0 cm³/mol. The van der Waals surface area contributed by atoms with Crippen molar-refractivity contribution in [3.8, 4) is 10.8 Å². The summed E-state index contributed by atoms with van der Waals surface area (Å²) < 4.78 is 5.32. The fourth-order valence-corrected chi connectivity index (χ4v) is 2.80. The summed E-state index contributed by atoms with van der Waals surface area (Å²) in [5, 5.41) is 7.45. The molecule has 0 amide bonds. The third-order valence-electron chi connectivity index (χ3n) is 3.04. The SMILES string of the molecule is Cc1ncsc1-c1nc(C2CCCNC2)no1. The molecule has 3 heterocycles. The van der Waals surface area contributed by atoms with E-state index in [9.17, 15) is 0 Å². The summed E-state index contributed by atoms with van der Waals surface area (Å²) in [5.74, 6) is 1.81. The first kappa shape index (κ1) is 10.9. The van der Waals surface area contributed by atoms with E-state index in [0.29, 0.717) is 11.8 Å². The normalized spacial score (nSPS) is 20.6. The molecule has 17 heavy (non-hydrogen) atoms. The summed E-state index contributed by atoms with van der Waals surface area (Å²) in [6, 6.07) is 0. The Morgan fingerprint density at radius 2 is 2.47 bits per heavy atom. The van der Waals surface area contributed by atoms with Crippen LogP contribution in [-0.4, -0.2) is 28.2 Å². The molecule has 1 unspecified atom stereocenters. The second kappa shape index (κ2) is 4.54. The molecule has 5 nitrogen and oxygen atoms in total. The number of nitrogens with zero attached hydrogens (tertiary/aromatic N) is 3. The maximum Gasteiger partial charge on any atom is 0.269 e. The lowest BCUT2D eigenvalue weighted by atomic mass is 9.99. The Morgan fingerprint density at radius 3 is 3.18 bits per heavy atom. The number of hydrogen-bond acceptors (Lipinski definition) is 6. The number of hydrogen-bond donors (Lipinski definition) is 1. The van der Waals surface area contributed by atoms with Gasteiger partial charge >= 0.3 is 0 Å². The lowest BCUT2D eigenvalue weighted by Crippen LogP contribution is -2.28. The van der Waals surface area contributed by atoms with Crippen molar-refractivity contribution < 1.29 is 4.52 Å². The van der Waals surface area contributed by atoms with Gasteiger partial charge < -0.3 is 9.84 Å². The Bertz CT molecular complexity index is 501. The Kier molecular flexibility index (Phi) is 2.90. The number of nitrogens with one attached hydrogen (secondary N) is 1. The van der Waals surface area contributed by atoms with Crippen molar-refractivity contribution in [2.75, 3.05) is 13.1 Å². The van der Waals surface area contributed by atoms with Crippen LogP contribution in [0.2, 0.25) is 0 Å². The van der Waals surface area contributed by atoms with Crippen LogP contribution in [0.15, 0.2) is 10.0 Å². The lowest BCUT2D eigenvalue weighted by molar-refractivity contribution is 0.393. The summed E-state index contributed by atoms with van der Waals surface area (Å²) in [5.41, 5.74) is 2.75. The van der Waals surface area contributed by atoms with Crippen molar-refractivity contribution in [3.05, 3.63) is 17.0 Å². The van der Waals surface area contributed by atoms with Crippen LogP contribution < -0.4 is 5.32 Å². The zero-order valence-electron chi connectivity index (χ0n) is 9.64. The van der Waals surface area contributed by atoms with Gasteiger partial charge in [-0.05, 0) is 26.3 Å². The van der Waals surface area contributed by atoms with E-state index >= 15 is 0 Å². The van der Waals surface area contributed by atoms with Gasteiger partial charge in [0, 0.05) is 12.5 Å². The van der Waals surface area contributed by atoms with Crippen molar-refractivity contribution in [1.82, 2.24) is 20.4 Å². The molecule has 1 fully saturated rings. The number of rotatable bonds is 2. The van der Waals surface area contributed by atoms with E-state index in [2.05, 4.69) is 20.4 Å². The lowest BCUT2D eigenvalue weighted by Gasteiger charge is -2.19. The Labute approximate surface area is 103 Å². The molecule has 0 saturated carbocycles. The maximum absolute atomic E-state index is 5.32. The molecule has 1 N–H and O–H groups in total.